The highest BCUT2D eigenvalue weighted by Gasteiger charge is 2.19. The van der Waals surface area contributed by atoms with Crippen LogP contribution in [0.15, 0.2) is 44.9 Å². The van der Waals surface area contributed by atoms with E-state index in [1.54, 1.807) is 6.92 Å². The molecule has 3 N–H and O–H groups in total. The summed E-state index contributed by atoms with van der Waals surface area (Å²) in [5.41, 5.74) is -1.45. The SMILES string of the molecule is CCOC(=O)c1ccc(NS(=O)(=O)c2c[nH]c(=O)[nH]c2=O)cc1. The second-order valence-electron chi connectivity index (χ2n) is 4.34. The highest BCUT2D eigenvalue weighted by atomic mass is 32.2. The standard InChI is InChI=1S/C13H13N3O6S/c1-2-22-12(18)8-3-5-9(6-4-8)16-23(20,21)10-7-14-13(19)15-11(10)17/h3-7,16H,2H2,1H3,(H2,14,15,17,19). The van der Waals surface area contributed by atoms with Crippen molar-refractivity contribution in [3.8, 4) is 0 Å². The fraction of sp³-hybridized carbons (Fsp3) is 0.154. The summed E-state index contributed by atoms with van der Waals surface area (Å²) in [4.78, 5) is 37.2. The molecule has 0 bridgehead atoms. The molecule has 1 aromatic heterocycles. The Morgan fingerprint density at radius 2 is 1.87 bits per heavy atom. The highest BCUT2D eigenvalue weighted by Crippen LogP contribution is 2.14. The van der Waals surface area contributed by atoms with E-state index in [1.165, 1.54) is 24.3 Å². The molecule has 0 fully saturated rings. The summed E-state index contributed by atoms with van der Waals surface area (Å²) in [7, 11) is -4.18. The Morgan fingerprint density at radius 3 is 2.43 bits per heavy atom. The largest absolute Gasteiger partial charge is 0.462 e. The van der Waals surface area contributed by atoms with Crippen LogP contribution in [-0.2, 0) is 14.8 Å². The molecule has 0 saturated carbocycles. The molecule has 0 unspecified atom stereocenters. The monoisotopic (exact) mass is 339 g/mol. The predicted octanol–water partition coefficient (Wildman–Crippen LogP) is 0.0407. The van der Waals surface area contributed by atoms with Gasteiger partial charge in [0.1, 0.15) is 0 Å². The van der Waals surface area contributed by atoms with Crippen molar-refractivity contribution in [1.82, 2.24) is 9.97 Å². The third-order valence-corrected chi connectivity index (χ3v) is 4.11. The van der Waals surface area contributed by atoms with Crippen molar-refractivity contribution in [2.75, 3.05) is 11.3 Å². The fourth-order valence-electron chi connectivity index (χ4n) is 1.70. The van der Waals surface area contributed by atoms with Crippen LogP contribution in [0.5, 0.6) is 0 Å². The van der Waals surface area contributed by atoms with Crippen molar-refractivity contribution in [3.63, 3.8) is 0 Å². The Hall–Kier alpha value is -2.88. The first kappa shape index (κ1) is 16.5. The Labute approximate surface area is 130 Å². The number of ether oxygens (including phenoxy) is 1. The number of rotatable bonds is 5. The quantitative estimate of drug-likeness (QED) is 0.658. The molecular weight excluding hydrogens is 326 g/mol. The molecule has 0 amide bonds. The number of anilines is 1. The van der Waals surface area contributed by atoms with Gasteiger partial charge < -0.3 is 9.72 Å². The summed E-state index contributed by atoms with van der Waals surface area (Å²) in [5.74, 6) is -0.529. The van der Waals surface area contributed by atoms with E-state index in [9.17, 15) is 22.8 Å². The van der Waals surface area contributed by atoms with E-state index in [2.05, 4.69) is 9.71 Å². The van der Waals surface area contributed by atoms with Gasteiger partial charge in [-0.05, 0) is 31.2 Å². The van der Waals surface area contributed by atoms with Crippen LogP contribution in [0.4, 0.5) is 5.69 Å². The first-order valence-corrected chi connectivity index (χ1v) is 7.94. The summed E-state index contributed by atoms with van der Waals surface area (Å²) in [6.45, 7) is 1.89. The summed E-state index contributed by atoms with van der Waals surface area (Å²) >= 11 is 0. The molecule has 1 heterocycles. The van der Waals surface area contributed by atoms with Crippen molar-refractivity contribution in [1.29, 1.82) is 0 Å². The average molecular weight is 339 g/mol. The van der Waals surface area contributed by atoms with Gasteiger partial charge in [-0.1, -0.05) is 0 Å². The van der Waals surface area contributed by atoms with Crippen LogP contribution in [0.3, 0.4) is 0 Å². The number of aromatic amines is 2. The zero-order chi connectivity index (χ0) is 17.0. The second-order valence-corrected chi connectivity index (χ2v) is 5.99. The van der Waals surface area contributed by atoms with Gasteiger partial charge in [-0.2, -0.15) is 0 Å². The normalized spacial score (nSPS) is 11.0. The maximum Gasteiger partial charge on any atom is 0.338 e. The molecule has 23 heavy (non-hydrogen) atoms. The number of H-pyrrole nitrogens is 2. The Balaban J connectivity index is 2.25. The minimum absolute atomic E-state index is 0.142. The summed E-state index contributed by atoms with van der Waals surface area (Å²) in [6.07, 6.45) is 0.802. The lowest BCUT2D eigenvalue weighted by Crippen LogP contribution is -2.29. The van der Waals surface area contributed by atoms with Crippen molar-refractivity contribution in [2.24, 2.45) is 0 Å². The molecule has 2 rings (SSSR count). The minimum Gasteiger partial charge on any atom is -0.462 e. The zero-order valence-corrected chi connectivity index (χ0v) is 12.8. The zero-order valence-electron chi connectivity index (χ0n) is 12.0. The number of hydrogen-bond acceptors (Lipinski definition) is 6. The third-order valence-electron chi connectivity index (χ3n) is 2.72. The van der Waals surface area contributed by atoms with Crippen LogP contribution in [0.25, 0.3) is 0 Å². The highest BCUT2D eigenvalue weighted by molar-refractivity contribution is 7.92. The average Bonchev–Trinajstić information content (AvgIpc) is 2.47. The number of sulfonamides is 1. The first-order valence-electron chi connectivity index (χ1n) is 6.45. The molecule has 2 aromatic rings. The molecule has 0 spiro atoms. The van der Waals surface area contributed by atoms with Gasteiger partial charge in [0.05, 0.1) is 12.2 Å². The Morgan fingerprint density at radius 1 is 1.22 bits per heavy atom. The summed E-state index contributed by atoms with van der Waals surface area (Å²) in [6, 6.07) is 5.47. The molecule has 9 nitrogen and oxygen atoms in total. The third kappa shape index (κ3) is 3.86. The molecule has 0 atom stereocenters. The molecule has 1 aromatic carbocycles. The molecule has 0 aliphatic heterocycles. The van der Waals surface area contributed by atoms with Gasteiger partial charge in [-0.3, -0.25) is 14.5 Å². The van der Waals surface area contributed by atoms with Crippen molar-refractivity contribution in [2.45, 2.75) is 11.8 Å². The topological polar surface area (TPSA) is 138 Å². The molecule has 0 radical (unpaired) electrons. The Bertz CT molecular complexity index is 927. The number of aromatic nitrogens is 2. The molecule has 0 aliphatic rings. The first-order chi connectivity index (χ1) is 10.8. The van der Waals surface area contributed by atoms with Gasteiger partial charge in [0, 0.05) is 11.9 Å². The molecule has 122 valence electrons. The van der Waals surface area contributed by atoms with E-state index in [4.69, 9.17) is 4.74 Å². The van der Waals surface area contributed by atoms with E-state index in [0.717, 1.165) is 6.20 Å². The van der Waals surface area contributed by atoms with Crippen LogP contribution >= 0.6 is 0 Å². The fourth-order valence-corrected chi connectivity index (χ4v) is 2.76. The van der Waals surface area contributed by atoms with E-state index in [1.807, 2.05) is 4.98 Å². The number of carbonyl (C=O) groups is 1. The van der Waals surface area contributed by atoms with Crippen LogP contribution in [0, 0.1) is 0 Å². The number of hydrogen-bond donors (Lipinski definition) is 3. The minimum atomic E-state index is -4.18. The number of benzene rings is 1. The lowest BCUT2D eigenvalue weighted by atomic mass is 10.2. The maximum atomic E-state index is 12.1. The van der Waals surface area contributed by atoms with Crippen molar-refractivity contribution in [3.05, 3.63) is 56.9 Å². The number of carbonyl (C=O) groups excluding carboxylic acids is 1. The van der Waals surface area contributed by atoms with Crippen LogP contribution in [-0.4, -0.2) is 31.0 Å². The van der Waals surface area contributed by atoms with Crippen molar-refractivity contribution >= 4 is 21.7 Å². The van der Waals surface area contributed by atoms with Gasteiger partial charge >= 0.3 is 11.7 Å². The van der Waals surface area contributed by atoms with E-state index >= 15 is 0 Å². The molecule has 10 heteroatoms. The van der Waals surface area contributed by atoms with E-state index in [-0.39, 0.29) is 17.9 Å². The Kier molecular flexibility index (Phi) is 4.65. The molecular formula is C13H13N3O6S. The molecule has 0 aliphatic carbocycles. The van der Waals surface area contributed by atoms with Gasteiger partial charge in [0.2, 0.25) is 0 Å². The second kappa shape index (κ2) is 6.48. The number of nitrogens with one attached hydrogen (secondary N) is 3. The van der Waals surface area contributed by atoms with E-state index < -0.39 is 32.1 Å². The van der Waals surface area contributed by atoms with Crippen molar-refractivity contribution < 1.29 is 17.9 Å². The van der Waals surface area contributed by atoms with E-state index in [0.29, 0.717) is 0 Å². The van der Waals surface area contributed by atoms with Gasteiger partial charge in [-0.25, -0.2) is 18.0 Å². The van der Waals surface area contributed by atoms with Gasteiger partial charge in [-0.15, -0.1) is 0 Å². The maximum absolute atomic E-state index is 12.1. The molecule has 0 saturated heterocycles. The van der Waals surface area contributed by atoms with Crippen LogP contribution in [0.1, 0.15) is 17.3 Å². The summed E-state index contributed by atoms with van der Waals surface area (Å²) < 4.78 is 31.2. The predicted molar refractivity (Wildman–Crippen MR) is 80.9 cm³/mol. The summed E-state index contributed by atoms with van der Waals surface area (Å²) in [5, 5.41) is 0. The van der Waals surface area contributed by atoms with Gasteiger partial charge in [0.25, 0.3) is 15.6 Å². The lowest BCUT2D eigenvalue weighted by molar-refractivity contribution is 0.0526. The van der Waals surface area contributed by atoms with Crippen LogP contribution < -0.4 is 16.0 Å². The van der Waals surface area contributed by atoms with Gasteiger partial charge in [0.15, 0.2) is 4.90 Å². The lowest BCUT2D eigenvalue weighted by Gasteiger charge is -2.08. The van der Waals surface area contributed by atoms with Crippen LogP contribution in [0.2, 0.25) is 0 Å². The smallest absolute Gasteiger partial charge is 0.338 e. The number of esters is 1.